The largest absolute Gasteiger partial charge is 0.481 e. The molecule has 0 saturated heterocycles. The molecule has 1 N–H and O–H groups in total. The van der Waals surface area contributed by atoms with Crippen molar-refractivity contribution in [3.63, 3.8) is 0 Å². The van der Waals surface area contributed by atoms with E-state index in [4.69, 9.17) is 14.6 Å². The van der Waals surface area contributed by atoms with Crippen LogP contribution in [0.1, 0.15) is 27.2 Å². The second-order valence-electron chi connectivity index (χ2n) is 4.91. The van der Waals surface area contributed by atoms with E-state index in [1.165, 1.54) is 0 Å². The molecule has 0 radical (unpaired) electrons. The summed E-state index contributed by atoms with van der Waals surface area (Å²) in [5.74, 6) is -0.764. The average molecular weight is 247 g/mol. The van der Waals surface area contributed by atoms with Crippen molar-refractivity contribution in [2.24, 2.45) is 0 Å². The lowest BCUT2D eigenvalue weighted by Crippen LogP contribution is -2.44. The summed E-state index contributed by atoms with van der Waals surface area (Å²) in [5.41, 5.74) is -0.0416. The van der Waals surface area contributed by atoms with E-state index in [0.29, 0.717) is 26.4 Å². The molecule has 5 nitrogen and oxygen atoms in total. The van der Waals surface area contributed by atoms with E-state index < -0.39 is 5.97 Å². The molecule has 0 saturated carbocycles. The van der Waals surface area contributed by atoms with E-state index in [-0.39, 0.29) is 12.0 Å². The maximum Gasteiger partial charge on any atom is 0.304 e. The third-order valence-corrected chi connectivity index (χ3v) is 2.48. The highest BCUT2D eigenvalue weighted by atomic mass is 16.5. The quantitative estimate of drug-likeness (QED) is 0.621. The molecule has 0 rings (SSSR count). The Bertz CT molecular complexity index is 213. The maximum absolute atomic E-state index is 10.6. The highest BCUT2D eigenvalue weighted by Gasteiger charge is 2.21. The van der Waals surface area contributed by atoms with E-state index in [1.807, 2.05) is 0 Å². The van der Waals surface area contributed by atoms with Crippen LogP contribution in [0.4, 0.5) is 0 Å². The lowest BCUT2D eigenvalue weighted by Gasteiger charge is -2.35. The van der Waals surface area contributed by atoms with Crippen molar-refractivity contribution in [2.45, 2.75) is 32.7 Å². The molecule has 0 aromatic rings. The highest BCUT2D eigenvalue weighted by molar-refractivity contribution is 5.66. The summed E-state index contributed by atoms with van der Waals surface area (Å²) < 4.78 is 10.3. The van der Waals surface area contributed by atoms with Gasteiger partial charge >= 0.3 is 5.97 Å². The van der Waals surface area contributed by atoms with Crippen molar-refractivity contribution in [3.8, 4) is 0 Å². The van der Waals surface area contributed by atoms with Gasteiger partial charge in [-0.1, -0.05) is 0 Å². The molecule has 0 unspecified atom stereocenters. The van der Waals surface area contributed by atoms with E-state index in [2.05, 4.69) is 25.7 Å². The molecule has 0 fully saturated rings. The number of hydrogen-bond acceptors (Lipinski definition) is 4. The first-order valence-electron chi connectivity index (χ1n) is 5.91. The number of carboxylic acid groups (broad SMARTS) is 1. The Morgan fingerprint density at radius 1 is 1.18 bits per heavy atom. The Morgan fingerprint density at radius 3 is 2.29 bits per heavy atom. The number of methoxy groups -OCH3 is 1. The minimum atomic E-state index is -0.764. The topological polar surface area (TPSA) is 59.0 Å². The number of rotatable bonds is 9. The Balaban J connectivity index is 3.91. The molecule has 0 aromatic carbocycles. The predicted octanol–water partition coefficient (Wildman–Crippen LogP) is 1.22. The Labute approximate surface area is 104 Å². The van der Waals surface area contributed by atoms with Gasteiger partial charge in [0.05, 0.1) is 26.2 Å². The van der Waals surface area contributed by atoms with E-state index in [9.17, 15) is 4.79 Å². The smallest absolute Gasteiger partial charge is 0.304 e. The monoisotopic (exact) mass is 247 g/mol. The Morgan fingerprint density at radius 2 is 1.82 bits per heavy atom. The second-order valence-corrected chi connectivity index (χ2v) is 4.91. The SMILES string of the molecule is COCCOCCN(CCC(=O)O)C(C)(C)C. The summed E-state index contributed by atoms with van der Waals surface area (Å²) in [5, 5.41) is 8.70. The zero-order valence-corrected chi connectivity index (χ0v) is 11.4. The standard InChI is InChI=1S/C12H25NO4/c1-12(2,3)13(6-5-11(14)15)7-8-17-10-9-16-4/h5-10H2,1-4H3,(H,14,15). The minimum absolute atomic E-state index is 0.0416. The van der Waals surface area contributed by atoms with Crippen molar-refractivity contribution in [2.75, 3.05) is 40.0 Å². The first-order valence-corrected chi connectivity index (χ1v) is 5.91. The van der Waals surface area contributed by atoms with Gasteiger partial charge in [-0.05, 0) is 20.8 Å². The zero-order chi connectivity index (χ0) is 13.3. The number of hydrogen-bond donors (Lipinski definition) is 1. The van der Waals surface area contributed by atoms with Crippen molar-refractivity contribution in [3.05, 3.63) is 0 Å². The first-order chi connectivity index (χ1) is 7.88. The summed E-state index contributed by atoms with van der Waals surface area (Å²) in [4.78, 5) is 12.7. The Kier molecular flexibility index (Phi) is 8.12. The normalized spacial score (nSPS) is 12.1. The van der Waals surface area contributed by atoms with Gasteiger partial charge in [0.25, 0.3) is 0 Å². The molecule has 5 heteroatoms. The van der Waals surface area contributed by atoms with Gasteiger partial charge in [-0.25, -0.2) is 0 Å². The lowest BCUT2D eigenvalue weighted by atomic mass is 10.1. The fraction of sp³-hybridized carbons (Fsp3) is 0.917. The molecule has 17 heavy (non-hydrogen) atoms. The summed E-state index contributed by atoms with van der Waals surface area (Å²) in [6, 6.07) is 0. The Hall–Kier alpha value is -0.650. The van der Waals surface area contributed by atoms with Crippen LogP contribution in [0.3, 0.4) is 0 Å². The van der Waals surface area contributed by atoms with Gasteiger partial charge in [-0.3, -0.25) is 9.69 Å². The van der Waals surface area contributed by atoms with Gasteiger partial charge in [-0.15, -0.1) is 0 Å². The summed E-state index contributed by atoms with van der Waals surface area (Å²) >= 11 is 0. The highest BCUT2D eigenvalue weighted by Crippen LogP contribution is 2.13. The minimum Gasteiger partial charge on any atom is -0.481 e. The molecule has 102 valence electrons. The fourth-order valence-corrected chi connectivity index (χ4v) is 1.43. The molecule has 0 atom stereocenters. The van der Waals surface area contributed by atoms with Crippen LogP contribution in [-0.2, 0) is 14.3 Å². The zero-order valence-electron chi connectivity index (χ0n) is 11.4. The lowest BCUT2D eigenvalue weighted by molar-refractivity contribution is -0.137. The third-order valence-electron chi connectivity index (χ3n) is 2.48. The van der Waals surface area contributed by atoms with Crippen LogP contribution in [0.2, 0.25) is 0 Å². The average Bonchev–Trinajstić information content (AvgIpc) is 2.19. The number of carboxylic acids is 1. The summed E-state index contributed by atoms with van der Waals surface area (Å²) in [6.45, 7) is 9.27. The molecular formula is C12H25NO4. The third kappa shape index (κ3) is 9.09. The molecule has 0 amide bonds. The van der Waals surface area contributed by atoms with Crippen LogP contribution >= 0.6 is 0 Å². The second kappa shape index (κ2) is 8.44. The molecule has 0 bridgehead atoms. The van der Waals surface area contributed by atoms with E-state index in [0.717, 1.165) is 6.54 Å². The van der Waals surface area contributed by atoms with Crippen molar-refractivity contribution >= 4 is 5.97 Å². The molecule has 0 heterocycles. The summed E-state index contributed by atoms with van der Waals surface area (Å²) in [6.07, 6.45) is 0.162. The van der Waals surface area contributed by atoms with Gasteiger partial charge in [0.2, 0.25) is 0 Å². The number of ether oxygens (including phenoxy) is 2. The predicted molar refractivity (Wildman–Crippen MR) is 66.3 cm³/mol. The van der Waals surface area contributed by atoms with Crippen LogP contribution in [0.25, 0.3) is 0 Å². The van der Waals surface area contributed by atoms with Crippen molar-refractivity contribution in [1.82, 2.24) is 4.90 Å². The molecule has 0 spiro atoms. The molecular weight excluding hydrogens is 222 g/mol. The van der Waals surface area contributed by atoms with E-state index >= 15 is 0 Å². The van der Waals surface area contributed by atoms with Crippen molar-refractivity contribution in [1.29, 1.82) is 0 Å². The van der Waals surface area contributed by atoms with Gasteiger partial charge < -0.3 is 14.6 Å². The fourth-order valence-electron chi connectivity index (χ4n) is 1.43. The van der Waals surface area contributed by atoms with Crippen molar-refractivity contribution < 1.29 is 19.4 Å². The number of nitrogens with zero attached hydrogens (tertiary/aromatic N) is 1. The molecule has 0 aliphatic heterocycles. The van der Waals surface area contributed by atoms with Gasteiger partial charge in [0, 0.05) is 25.7 Å². The van der Waals surface area contributed by atoms with Crippen LogP contribution in [0.5, 0.6) is 0 Å². The first kappa shape index (κ1) is 16.4. The van der Waals surface area contributed by atoms with Crippen LogP contribution < -0.4 is 0 Å². The van der Waals surface area contributed by atoms with Crippen LogP contribution in [-0.4, -0.2) is 61.5 Å². The van der Waals surface area contributed by atoms with Gasteiger partial charge in [-0.2, -0.15) is 0 Å². The van der Waals surface area contributed by atoms with E-state index in [1.54, 1.807) is 7.11 Å². The maximum atomic E-state index is 10.6. The molecule has 0 aliphatic rings. The van der Waals surface area contributed by atoms with Gasteiger partial charge in [0.1, 0.15) is 0 Å². The molecule has 0 aromatic heterocycles. The van der Waals surface area contributed by atoms with Crippen LogP contribution in [0.15, 0.2) is 0 Å². The summed E-state index contributed by atoms with van der Waals surface area (Å²) in [7, 11) is 1.64. The van der Waals surface area contributed by atoms with Crippen LogP contribution in [0, 0.1) is 0 Å². The number of carbonyl (C=O) groups is 1. The number of aliphatic carboxylic acids is 1. The molecule has 0 aliphatic carbocycles. The van der Waals surface area contributed by atoms with Gasteiger partial charge in [0.15, 0.2) is 0 Å².